The van der Waals surface area contributed by atoms with Gasteiger partial charge in [-0.3, -0.25) is 9.36 Å². The van der Waals surface area contributed by atoms with Crippen LogP contribution >= 0.6 is 0 Å². The van der Waals surface area contributed by atoms with Gasteiger partial charge >= 0.3 is 0 Å². The molecule has 2 aliphatic rings. The summed E-state index contributed by atoms with van der Waals surface area (Å²) in [5.74, 6) is 1.34. The number of rotatable bonds is 3. The van der Waals surface area contributed by atoms with Crippen molar-refractivity contribution in [2.75, 3.05) is 6.61 Å². The first-order valence-electron chi connectivity index (χ1n) is 7.50. The number of hydrogen-bond donors (Lipinski definition) is 1. The molecule has 2 heterocycles. The van der Waals surface area contributed by atoms with E-state index in [1.807, 2.05) is 55.5 Å². The summed E-state index contributed by atoms with van der Waals surface area (Å²) in [5, 5.41) is 0. The minimum Gasteiger partial charge on any atom is -0.494 e. The van der Waals surface area contributed by atoms with Crippen molar-refractivity contribution < 1.29 is 4.74 Å². The van der Waals surface area contributed by atoms with Gasteiger partial charge in [-0.1, -0.05) is 24.3 Å². The van der Waals surface area contributed by atoms with Crippen molar-refractivity contribution in [2.24, 2.45) is 0 Å². The molecule has 0 bridgehead atoms. The predicted molar refractivity (Wildman–Crippen MR) is 89.5 cm³/mol. The molecule has 0 unspecified atom stereocenters. The van der Waals surface area contributed by atoms with Crippen LogP contribution in [0.1, 0.15) is 6.92 Å². The lowest BCUT2D eigenvalue weighted by molar-refractivity contribution is 0.340. The molecular formula is C18H15N3O2. The van der Waals surface area contributed by atoms with E-state index in [-0.39, 0.29) is 5.56 Å². The van der Waals surface area contributed by atoms with Crippen molar-refractivity contribution in [3.8, 4) is 22.8 Å². The fourth-order valence-electron chi connectivity index (χ4n) is 2.77. The molecule has 1 N–H and O–H groups in total. The molecule has 4 rings (SSSR count). The minimum atomic E-state index is -0.126. The smallest absolute Gasteiger partial charge is 0.283 e. The van der Waals surface area contributed by atoms with Crippen LogP contribution in [0, 0.1) is 0 Å². The van der Waals surface area contributed by atoms with E-state index in [9.17, 15) is 4.79 Å². The average Bonchev–Trinajstić information content (AvgIpc) is 2.93. The Labute approximate surface area is 132 Å². The predicted octanol–water partition coefficient (Wildman–Crippen LogP) is 3.22. The van der Waals surface area contributed by atoms with E-state index < -0.39 is 0 Å². The van der Waals surface area contributed by atoms with Crippen LogP contribution in [-0.4, -0.2) is 21.1 Å². The van der Waals surface area contributed by atoms with Crippen LogP contribution in [0.25, 0.3) is 28.1 Å². The maximum atomic E-state index is 12.9. The lowest BCUT2D eigenvalue weighted by atomic mass is 10.1. The average molecular weight is 305 g/mol. The summed E-state index contributed by atoms with van der Waals surface area (Å²) in [6.07, 6.45) is 1.75. The number of imidazole rings is 1. The van der Waals surface area contributed by atoms with Crippen molar-refractivity contribution in [3.05, 3.63) is 65.1 Å². The zero-order valence-corrected chi connectivity index (χ0v) is 12.6. The second kappa shape index (κ2) is 5.28. The number of aromatic nitrogens is 3. The number of ether oxygens (including phenoxy) is 1. The van der Waals surface area contributed by atoms with Gasteiger partial charge in [0.15, 0.2) is 5.82 Å². The lowest BCUT2D eigenvalue weighted by Crippen LogP contribution is -2.14. The van der Waals surface area contributed by atoms with Gasteiger partial charge in [-0.05, 0) is 31.2 Å². The molecule has 5 heteroatoms. The van der Waals surface area contributed by atoms with Gasteiger partial charge in [-0.15, -0.1) is 0 Å². The van der Waals surface area contributed by atoms with E-state index in [0.717, 1.165) is 22.3 Å². The third-order valence-electron chi connectivity index (χ3n) is 3.78. The molecule has 23 heavy (non-hydrogen) atoms. The second-order valence-corrected chi connectivity index (χ2v) is 5.23. The lowest BCUT2D eigenvalue weighted by Gasteiger charge is -2.05. The fraction of sp³-hybridized carbons (Fsp3) is 0.111. The Kier molecular flexibility index (Phi) is 3.12. The highest BCUT2D eigenvalue weighted by atomic mass is 16.5. The quantitative estimate of drug-likeness (QED) is 0.632. The first-order valence-corrected chi connectivity index (χ1v) is 7.50. The molecule has 0 saturated heterocycles. The summed E-state index contributed by atoms with van der Waals surface area (Å²) < 4.78 is 7.14. The molecule has 2 aromatic carbocycles. The zero-order valence-electron chi connectivity index (χ0n) is 12.6. The molecule has 0 amide bonds. The summed E-state index contributed by atoms with van der Waals surface area (Å²) >= 11 is 0. The third-order valence-corrected chi connectivity index (χ3v) is 3.78. The first-order chi connectivity index (χ1) is 11.3. The summed E-state index contributed by atoms with van der Waals surface area (Å²) in [6.45, 7) is 2.51. The van der Waals surface area contributed by atoms with Crippen LogP contribution in [0.2, 0.25) is 0 Å². The van der Waals surface area contributed by atoms with E-state index in [0.29, 0.717) is 18.1 Å². The number of H-pyrrole nitrogens is 1. The molecular weight excluding hydrogens is 290 g/mol. The summed E-state index contributed by atoms with van der Waals surface area (Å²) in [7, 11) is 0. The summed E-state index contributed by atoms with van der Waals surface area (Å²) in [6, 6.07) is 15.1. The van der Waals surface area contributed by atoms with E-state index in [1.54, 1.807) is 10.8 Å². The number of aromatic amines is 1. The van der Waals surface area contributed by atoms with E-state index >= 15 is 0 Å². The van der Waals surface area contributed by atoms with Crippen molar-refractivity contribution in [1.82, 2.24) is 14.5 Å². The Balaban J connectivity index is 1.97. The fourth-order valence-corrected chi connectivity index (χ4v) is 2.77. The highest BCUT2D eigenvalue weighted by Crippen LogP contribution is 2.24. The van der Waals surface area contributed by atoms with E-state index in [4.69, 9.17) is 4.74 Å². The first kappa shape index (κ1) is 13.6. The van der Waals surface area contributed by atoms with Gasteiger partial charge in [0.2, 0.25) is 0 Å². The Hall–Kier alpha value is -3.08. The molecule has 0 atom stereocenters. The molecule has 0 fully saturated rings. The van der Waals surface area contributed by atoms with Crippen LogP contribution in [0.4, 0.5) is 0 Å². The van der Waals surface area contributed by atoms with Crippen LogP contribution in [0.15, 0.2) is 59.5 Å². The molecule has 5 nitrogen and oxygen atoms in total. The molecule has 2 aromatic rings. The minimum absolute atomic E-state index is 0.126. The van der Waals surface area contributed by atoms with Crippen molar-refractivity contribution in [2.45, 2.75) is 6.92 Å². The van der Waals surface area contributed by atoms with Gasteiger partial charge in [0.25, 0.3) is 5.56 Å². The number of hydrogen-bond acceptors (Lipinski definition) is 3. The van der Waals surface area contributed by atoms with Gasteiger partial charge in [0.1, 0.15) is 11.4 Å². The zero-order chi connectivity index (χ0) is 15.8. The standard InChI is InChI=1S/C18H15N3O2/c1-2-23-13-7-5-6-12(10-13)17-18(22)21-15-9-4-3-8-14(15)19-11-16(21)20-17/h3-11,19H,2H2,1H3. The van der Waals surface area contributed by atoms with Crippen LogP contribution in [-0.2, 0) is 0 Å². The summed E-state index contributed by atoms with van der Waals surface area (Å²) in [4.78, 5) is 20.5. The maximum absolute atomic E-state index is 12.9. The van der Waals surface area contributed by atoms with Crippen molar-refractivity contribution in [3.63, 3.8) is 0 Å². The Morgan fingerprint density at radius 1 is 1.17 bits per heavy atom. The number of nitrogens with zero attached hydrogens (tertiary/aromatic N) is 2. The summed E-state index contributed by atoms with van der Waals surface area (Å²) in [5.41, 5.74) is 2.77. The molecule has 0 spiro atoms. The molecule has 0 radical (unpaired) electrons. The van der Waals surface area contributed by atoms with Gasteiger partial charge in [-0.25, -0.2) is 4.98 Å². The van der Waals surface area contributed by atoms with E-state index in [1.165, 1.54) is 0 Å². The Bertz CT molecular complexity index is 1020. The molecule has 114 valence electrons. The topological polar surface area (TPSA) is 59.9 Å². The number of nitrogens with one attached hydrogen (secondary N) is 1. The largest absolute Gasteiger partial charge is 0.494 e. The normalized spacial score (nSPS) is 11.2. The molecule has 0 saturated carbocycles. The molecule has 0 aliphatic carbocycles. The van der Waals surface area contributed by atoms with Gasteiger partial charge < -0.3 is 9.72 Å². The van der Waals surface area contributed by atoms with Crippen LogP contribution in [0.5, 0.6) is 5.75 Å². The van der Waals surface area contributed by atoms with Gasteiger partial charge in [-0.2, -0.15) is 0 Å². The second-order valence-electron chi connectivity index (χ2n) is 5.23. The highest BCUT2D eigenvalue weighted by Gasteiger charge is 2.18. The SMILES string of the molecule is CCOc1cccc(-c2nc3c[nH]c4ccccc4n-3c2=O)c1. The van der Waals surface area contributed by atoms with Crippen LogP contribution < -0.4 is 10.3 Å². The monoisotopic (exact) mass is 305 g/mol. The van der Waals surface area contributed by atoms with Gasteiger partial charge in [0.05, 0.1) is 17.6 Å². The maximum Gasteiger partial charge on any atom is 0.283 e. The number of para-hydroxylation sites is 2. The van der Waals surface area contributed by atoms with E-state index in [2.05, 4.69) is 9.97 Å². The highest BCUT2D eigenvalue weighted by molar-refractivity contribution is 5.78. The third kappa shape index (κ3) is 2.17. The van der Waals surface area contributed by atoms with Crippen molar-refractivity contribution >= 4 is 11.0 Å². The van der Waals surface area contributed by atoms with Crippen LogP contribution in [0.3, 0.4) is 0 Å². The van der Waals surface area contributed by atoms with Gasteiger partial charge in [0, 0.05) is 11.8 Å². The molecule has 2 aliphatic heterocycles. The number of benzene rings is 2. The Morgan fingerprint density at radius 2 is 2.04 bits per heavy atom. The Morgan fingerprint density at radius 3 is 2.91 bits per heavy atom. The number of fused-ring (bicyclic) bond motifs is 3. The molecule has 0 aromatic heterocycles. The van der Waals surface area contributed by atoms with Crippen molar-refractivity contribution in [1.29, 1.82) is 0 Å².